The molecule has 2 amide bonds. The first-order chi connectivity index (χ1) is 9.65. The van der Waals surface area contributed by atoms with Crippen LogP contribution in [0.5, 0.6) is 0 Å². The van der Waals surface area contributed by atoms with E-state index in [1.54, 1.807) is 24.3 Å². The molecular formula is C15H18N2O3. The molecule has 0 aliphatic carbocycles. The lowest BCUT2D eigenvalue weighted by atomic mass is 10.0. The van der Waals surface area contributed by atoms with Crippen molar-refractivity contribution in [1.82, 2.24) is 9.80 Å². The van der Waals surface area contributed by atoms with Crippen molar-refractivity contribution in [3.05, 3.63) is 35.4 Å². The fraction of sp³-hybridized carbons (Fsp3) is 0.467. The first-order valence-corrected chi connectivity index (χ1v) is 7.03. The molecule has 106 valence electrons. The Bertz CT molecular complexity index is 526. The van der Waals surface area contributed by atoms with E-state index in [0.29, 0.717) is 12.6 Å². The Balaban J connectivity index is 1.68. The van der Waals surface area contributed by atoms with Crippen LogP contribution in [0.15, 0.2) is 24.3 Å². The molecule has 5 heteroatoms. The number of fused-ring (bicyclic) bond motifs is 1. The van der Waals surface area contributed by atoms with Crippen LogP contribution >= 0.6 is 0 Å². The number of aromatic carboxylic acids is 1. The Morgan fingerprint density at radius 3 is 2.65 bits per heavy atom. The van der Waals surface area contributed by atoms with Gasteiger partial charge < -0.3 is 14.9 Å². The fourth-order valence-corrected chi connectivity index (χ4v) is 3.06. The zero-order valence-corrected chi connectivity index (χ0v) is 11.3. The lowest BCUT2D eigenvalue weighted by Gasteiger charge is -2.27. The topological polar surface area (TPSA) is 60.9 Å². The molecule has 1 unspecified atom stereocenters. The summed E-state index contributed by atoms with van der Waals surface area (Å²) < 4.78 is 0. The third kappa shape index (κ3) is 2.35. The van der Waals surface area contributed by atoms with Crippen molar-refractivity contribution in [1.29, 1.82) is 0 Å². The van der Waals surface area contributed by atoms with Crippen molar-refractivity contribution in [3.63, 3.8) is 0 Å². The van der Waals surface area contributed by atoms with Gasteiger partial charge in [0.05, 0.1) is 11.6 Å². The molecule has 0 aromatic heterocycles. The zero-order valence-electron chi connectivity index (χ0n) is 11.3. The maximum Gasteiger partial charge on any atom is 0.335 e. The van der Waals surface area contributed by atoms with Gasteiger partial charge in [0.1, 0.15) is 0 Å². The average molecular weight is 274 g/mol. The normalized spacial score (nSPS) is 22.0. The Kier molecular flexibility index (Phi) is 3.34. The summed E-state index contributed by atoms with van der Waals surface area (Å²) >= 11 is 0. The minimum atomic E-state index is -0.925. The molecule has 5 nitrogen and oxygen atoms in total. The monoisotopic (exact) mass is 274 g/mol. The first-order valence-electron chi connectivity index (χ1n) is 7.03. The molecule has 2 aliphatic rings. The van der Waals surface area contributed by atoms with Crippen LogP contribution < -0.4 is 0 Å². The van der Waals surface area contributed by atoms with Crippen LogP contribution in [0, 0.1) is 0 Å². The molecule has 2 heterocycles. The SMILES string of the molecule is O=C(O)c1ccc(CN2CC3CCCCN3C2=O)cc1. The number of carbonyl (C=O) groups is 2. The van der Waals surface area contributed by atoms with Crippen LogP contribution in [-0.4, -0.2) is 46.0 Å². The number of hydrogen-bond acceptors (Lipinski definition) is 2. The second-order valence-electron chi connectivity index (χ2n) is 5.51. The zero-order chi connectivity index (χ0) is 14.1. The van der Waals surface area contributed by atoms with Crippen molar-refractivity contribution in [2.45, 2.75) is 31.8 Å². The number of amides is 2. The van der Waals surface area contributed by atoms with Gasteiger partial charge in [-0.3, -0.25) is 0 Å². The summed E-state index contributed by atoms with van der Waals surface area (Å²) in [6, 6.07) is 7.24. The van der Waals surface area contributed by atoms with Crippen molar-refractivity contribution < 1.29 is 14.7 Å². The number of carbonyl (C=O) groups excluding carboxylic acids is 1. The largest absolute Gasteiger partial charge is 0.478 e. The molecule has 20 heavy (non-hydrogen) atoms. The second kappa shape index (κ2) is 5.15. The summed E-state index contributed by atoms with van der Waals surface area (Å²) in [6.45, 7) is 2.23. The van der Waals surface area contributed by atoms with Crippen molar-refractivity contribution in [2.24, 2.45) is 0 Å². The maximum atomic E-state index is 12.3. The van der Waals surface area contributed by atoms with E-state index in [-0.39, 0.29) is 11.6 Å². The Morgan fingerprint density at radius 2 is 2.00 bits per heavy atom. The quantitative estimate of drug-likeness (QED) is 0.919. The summed E-state index contributed by atoms with van der Waals surface area (Å²) in [5.74, 6) is -0.925. The maximum absolute atomic E-state index is 12.3. The van der Waals surface area contributed by atoms with Crippen LogP contribution in [0.1, 0.15) is 35.2 Å². The van der Waals surface area contributed by atoms with E-state index in [9.17, 15) is 9.59 Å². The number of rotatable bonds is 3. The smallest absolute Gasteiger partial charge is 0.335 e. The van der Waals surface area contributed by atoms with Gasteiger partial charge >= 0.3 is 12.0 Å². The van der Waals surface area contributed by atoms with E-state index in [4.69, 9.17) is 5.11 Å². The number of carboxylic acid groups (broad SMARTS) is 1. The molecule has 2 aliphatic heterocycles. The van der Waals surface area contributed by atoms with Gasteiger partial charge in [0.25, 0.3) is 0 Å². The minimum absolute atomic E-state index is 0.122. The highest BCUT2D eigenvalue weighted by Crippen LogP contribution is 2.26. The molecule has 0 spiro atoms. The molecule has 3 rings (SSSR count). The third-order valence-corrected chi connectivity index (χ3v) is 4.15. The van der Waals surface area contributed by atoms with Crippen LogP contribution in [0.3, 0.4) is 0 Å². The summed E-state index contributed by atoms with van der Waals surface area (Å²) in [4.78, 5) is 26.9. The highest BCUT2D eigenvalue weighted by Gasteiger charge is 2.37. The van der Waals surface area contributed by atoms with Crippen molar-refractivity contribution in [3.8, 4) is 0 Å². The summed E-state index contributed by atoms with van der Waals surface area (Å²) in [5.41, 5.74) is 1.25. The van der Waals surface area contributed by atoms with Crippen molar-refractivity contribution in [2.75, 3.05) is 13.1 Å². The molecular weight excluding hydrogens is 256 g/mol. The number of carboxylic acids is 1. The third-order valence-electron chi connectivity index (χ3n) is 4.15. The Morgan fingerprint density at radius 1 is 1.25 bits per heavy atom. The molecule has 0 radical (unpaired) electrons. The number of nitrogens with zero attached hydrogens (tertiary/aromatic N) is 2. The van der Waals surface area contributed by atoms with E-state index in [1.807, 2.05) is 9.80 Å². The van der Waals surface area contributed by atoms with Gasteiger partial charge in [-0.15, -0.1) is 0 Å². The minimum Gasteiger partial charge on any atom is -0.478 e. The molecule has 1 N–H and O–H groups in total. The highest BCUT2D eigenvalue weighted by molar-refractivity contribution is 5.87. The van der Waals surface area contributed by atoms with Gasteiger partial charge in [-0.25, -0.2) is 9.59 Å². The molecule has 1 aromatic carbocycles. The fourth-order valence-electron chi connectivity index (χ4n) is 3.06. The molecule has 2 fully saturated rings. The molecule has 1 atom stereocenters. The van der Waals surface area contributed by atoms with Crippen molar-refractivity contribution >= 4 is 12.0 Å². The summed E-state index contributed by atoms with van der Waals surface area (Å²) in [6.07, 6.45) is 3.40. The number of urea groups is 1. The van der Waals surface area contributed by atoms with E-state index >= 15 is 0 Å². The highest BCUT2D eigenvalue weighted by atomic mass is 16.4. The second-order valence-corrected chi connectivity index (χ2v) is 5.51. The first kappa shape index (κ1) is 13.0. The van der Waals surface area contributed by atoms with Crippen LogP contribution in [0.25, 0.3) is 0 Å². The van der Waals surface area contributed by atoms with E-state index in [1.165, 1.54) is 6.42 Å². The lowest BCUT2D eigenvalue weighted by molar-refractivity contribution is 0.0697. The predicted octanol–water partition coefficient (Wildman–Crippen LogP) is 2.17. The summed E-state index contributed by atoms with van der Waals surface area (Å²) in [5, 5.41) is 8.87. The predicted molar refractivity (Wildman–Crippen MR) is 73.6 cm³/mol. The number of piperidine rings is 1. The van der Waals surface area contributed by atoms with E-state index in [0.717, 1.165) is 31.5 Å². The average Bonchev–Trinajstić information content (AvgIpc) is 2.77. The Labute approximate surface area is 117 Å². The molecule has 2 saturated heterocycles. The van der Waals surface area contributed by atoms with E-state index < -0.39 is 5.97 Å². The number of hydrogen-bond donors (Lipinski definition) is 1. The molecule has 0 bridgehead atoms. The van der Waals surface area contributed by atoms with Gasteiger partial charge in [-0.1, -0.05) is 12.1 Å². The Hall–Kier alpha value is -2.04. The van der Waals surface area contributed by atoms with Crippen LogP contribution in [-0.2, 0) is 6.54 Å². The van der Waals surface area contributed by atoms with E-state index in [2.05, 4.69) is 0 Å². The van der Waals surface area contributed by atoms with Gasteiger partial charge in [0.15, 0.2) is 0 Å². The lowest BCUT2D eigenvalue weighted by Crippen LogP contribution is -2.38. The van der Waals surface area contributed by atoms with Crippen LogP contribution in [0.4, 0.5) is 4.79 Å². The molecule has 0 saturated carbocycles. The van der Waals surface area contributed by atoms with Gasteiger partial charge in [-0.05, 0) is 37.0 Å². The van der Waals surface area contributed by atoms with Gasteiger partial charge in [0, 0.05) is 19.6 Å². The standard InChI is InChI=1S/C15H18N2O3/c18-14(19)12-6-4-11(5-7-12)9-16-10-13-3-1-2-8-17(13)15(16)20/h4-7,13H,1-3,8-10H2,(H,18,19). The summed E-state index contributed by atoms with van der Waals surface area (Å²) in [7, 11) is 0. The number of benzene rings is 1. The van der Waals surface area contributed by atoms with Gasteiger partial charge in [0.2, 0.25) is 0 Å². The van der Waals surface area contributed by atoms with Crippen LogP contribution in [0.2, 0.25) is 0 Å². The molecule has 1 aromatic rings. The van der Waals surface area contributed by atoms with Gasteiger partial charge in [-0.2, -0.15) is 0 Å².